The van der Waals surface area contributed by atoms with Crippen molar-refractivity contribution in [2.45, 2.75) is 38.7 Å². The number of piperidine rings is 1. The molecule has 0 radical (unpaired) electrons. The molecule has 5 nitrogen and oxygen atoms in total. The number of carbonyl (C=O) groups is 2. The van der Waals surface area contributed by atoms with Crippen LogP contribution in [-0.2, 0) is 11.2 Å². The van der Waals surface area contributed by atoms with Gasteiger partial charge in [0.15, 0.2) is 5.78 Å². The van der Waals surface area contributed by atoms with Gasteiger partial charge in [-0.2, -0.15) is 0 Å². The summed E-state index contributed by atoms with van der Waals surface area (Å²) in [5.74, 6) is 0.638. The second-order valence-electron chi connectivity index (χ2n) is 6.56. The summed E-state index contributed by atoms with van der Waals surface area (Å²) in [5, 5.41) is 2.92. The zero-order chi connectivity index (χ0) is 16.4. The molecule has 2 aliphatic rings. The molecule has 1 aliphatic heterocycles. The Labute approximate surface area is 137 Å². The van der Waals surface area contributed by atoms with Crippen LogP contribution in [0.3, 0.4) is 0 Å². The maximum Gasteiger partial charge on any atom is 0.321 e. The van der Waals surface area contributed by atoms with Crippen molar-refractivity contribution < 1.29 is 14.3 Å². The van der Waals surface area contributed by atoms with E-state index < -0.39 is 0 Å². The van der Waals surface area contributed by atoms with Crippen LogP contribution in [0.1, 0.15) is 42.1 Å². The molecule has 124 valence electrons. The Morgan fingerprint density at radius 3 is 2.96 bits per heavy atom. The Balaban J connectivity index is 1.68. The minimum Gasteiger partial charge on any atom is -0.379 e. The molecule has 1 saturated heterocycles. The van der Waals surface area contributed by atoms with Crippen LogP contribution in [0.5, 0.6) is 0 Å². The maximum absolute atomic E-state index is 12.5. The number of anilines is 1. The molecule has 0 aromatic heterocycles. The highest BCUT2D eigenvalue weighted by Crippen LogP contribution is 2.25. The third kappa shape index (κ3) is 3.39. The van der Waals surface area contributed by atoms with Crippen LogP contribution in [-0.4, -0.2) is 43.0 Å². The number of methoxy groups -OCH3 is 1. The summed E-state index contributed by atoms with van der Waals surface area (Å²) in [6, 6.07) is 5.53. The van der Waals surface area contributed by atoms with Gasteiger partial charge in [0.25, 0.3) is 0 Å². The van der Waals surface area contributed by atoms with Crippen molar-refractivity contribution in [2.24, 2.45) is 5.92 Å². The van der Waals surface area contributed by atoms with Gasteiger partial charge >= 0.3 is 6.03 Å². The van der Waals surface area contributed by atoms with Crippen molar-refractivity contribution in [3.05, 3.63) is 29.3 Å². The first kappa shape index (κ1) is 16.0. The summed E-state index contributed by atoms with van der Waals surface area (Å²) < 4.78 is 5.46. The minimum absolute atomic E-state index is 0.0830. The molecule has 1 aromatic rings. The molecule has 23 heavy (non-hydrogen) atoms. The number of nitrogens with one attached hydrogen (secondary N) is 1. The molecule has 1 heterocycles. The van der Waals surface area contributed by atoms with Gasteiger partial charge in [-0.1, -0.05) is 13.0 Å². The number of ketones is 1. The van der Waals surface area contributed by atoms with E-state index >= 15 is 0 Å². The topological polar surface area (TPSA) is 58.6 Å². The molecular weight excluding hydrogens is 292 g/mol. The predicted octanol–water partition coefficient (Wildman–Crippen LogP) is 3.09. The normalized spacial score (nSPS) is 24.3. The minimum atomic E-state index is -0.123. The third-order valence-electron chi connectivity index (χ3n) is 4.99. The average Bonchev–Trinajstić information content (AvgIpc) is 2.56. The zero-order valence-corrected chi connectivity index (χ0v) is 13.8. The fourth-order valence-corrected chi connectivity index (χ4v) is 3.43. The monoisotopic (exact) mass is 316 g/mol. The Morgan fingerprint density at radius 1 is 1.35 bits per heavy atom. The Morgan fingerprint density at radius 2 is 2.17 bits per heavy atom. The number of carbonyl (C=O) groups excluding carboxylic acids is 2. The summed E-state index contributed by atoms with van der Waals surface area (Å²) in [6.45, 7) is 3.49. The van der Waals surface area contributed by atoms with Crippen LogP contribution in [0, 0.1) is 5.92 Å². The first-order chi connectivity index (χ1) is 11.1. The van der Waals surface area contributed by atoms with E-state index in [0.29, 0.717) is 24.6 Å². The molecule has 0 spiro atoms. The quantitative estimate of drug-likeness (QED) is 0.912. The lowest BCUT2D eigenvalue weighted by Crippen LogP contribution is -2.48. The van der Waals surface area contributed by atoms with Crippen LogP contribution in [0.2, 0.25) is 0 Å². The first-order valence-electron chi connectivity index (χ1n) is 8.33. The maximum atomic E-state index is 12.5. The smallest absolute Gasteiger partial charge is 0.321 e. The zero-order valence-electron chi connectivity index (χ0n) is 13.8. The second kappa shape index (κ2) is 6.71. The van der Waals surface area contributed by atoms with Gasteiger partial charge in [0.05, 0.1) is 6.10 Å². The molecule has 0 unspecified atom stereocenters. The van der Waals surface area contributed by atoms with Gasteiger partial charge in [-0.15, -0.1) is 0 Å². The highest BCUT2D eigenvalue weighted by molar-refractivity contribution is 6.00. The molecule has 1 aliphatic carbocycles. The highest BCUT2D eigenvalue weighted by Gasteiger charge is 2.29. The number of hydrogen-bond acceptors (Lipinski definition) is 3. The van der Waals surface area contributed by atoms with E-state index in [1.807, 2.05) is 18.2 Å². The van der Waals surface area contributed by atoms with Crippen molar-refractivity contribution in [1.29, 1.82) is 0 Å². The van der Waals surface area contributed by atoms with Gasteiger partial charge in [-0.05, 0) is 42.9 Å². The van der Waals surface area contributed by atoms with Crippen molar-refractivity contribution in [3.8, 4) is 0 Å². The van der Waals surface area contributed by atoms with Gasteiger partial charge in [0.1, 0.15) is 0 Å². The Kier molecular flexibility index (Phi) is 4.66. The van der Waals surface area contributed by atoms with E-state index in [2.05, 4.69) is 12.2 Å². The number of Topliss-reactive ketones (excluding diaryl/α,β-unsaturated/α-hetero) is 1. The lowest BCUT2D eigenvalue weighted by atomic mass is 9.90. The molecule has 1 fully saturated rings. The van der Waals surface area contributed by atoms with E-state index in [4.69, 9.17) is 4.74 Å². The summed E-state index contributed by atoms with van der Waals surface area (Å²) >= 11 is 0. The van der Waals surface area contributed by atoms with Crippen molar-refractivity contribution >= 4 is 17.5 Å². The Hall–Kier alpha value is -1.88. The highest BCUT2D eigenvalue weighted by atomic mass is 16.5. The molecule has 5 heteroatoms. The second-order valence-corrected chi connectivity index (χ2v) is 6.56. The van der Waals surface area contributed by atoms with Gasteiger partial charge in [0, 0.05) is 37.9 Å². The third-order valence-corrected chi connectivity index (χ3v) is 4.99. The molecule has 2 atom stereocenters. The summed E-state index contributed by atoms with van der Waals surface area (Å²) in [5.41, 5.74) is 2.54. The van der Waals surface area contributed by atoms with Gasteiger partial charge in [-0.25, -0.2) is 4.79 Å². The summed E-state index contributed by atoms with van der Waals surface area (Å²) in [6.07, 6.45) is 3.48. The fraction of sp³-hybridized carbons (Fsp3) is 0.556. The molecule has 3 rings (SSSR count). The van der Waals surface area contributed by atoms with Crippen LogP contribution in [0.4, 0.5) is 10.5 Å². The Bertz CT molecular complexity index is 614. The van der Waals surface area contributed by atoms with Crippen LogP contribution in [0.25, 0.3) is 0 Å². The van der Waals surface area contributed by atoms with Gasteiger partial charge in [0.2, 0.25) is 0 Å². The van der Waals surface area contributed by atoms with E-state index in [1.165, 1.54) is 0 Å². The lowest BCUT2D eigenvalue weighted by molar-refractivity contribution is 0.00896. The standard InChI is InChI=1S/C18H24N2O3/c1-12-8-9-20(11-17(12)23-2)18(22)19-14-7-6-13-4-3-5-16(21)15(13)10-14/h6-7,10,12,17H,3-5,8-9,11H2,1-2H3,(H,19,22)/t12-,17+/m1/s1. The van der Waals surface area contributed by atoms with Crippen molar-refractivity contribution in [1.82, 2.24) is 4.90 Å². The van der Waals surface area contributed by atoms with Crippen molar-refractivity contribution in [3.63, 3.8) is 0 Å². The predicted molar refractivity (Wildman–Crippen MR) is 88.9 cm³/mol. The number of nitrogens with zero attached hydrogens (tertiary/aromatic N) is 1. The van der Waals surface area contributed by atoms with Crippen molar-refractivity contribution in [2.75, 3.05) is 25.5 Å². The summed E-state index contributed by atoms with van der Waals surface area (Å²) in [7, 11) is 1.69. The van der Waals surface area contributed by atoms with Crippen LogP contribution >= 0.6 is 0 Å². The first-order valence-corrected chi connectivity index (χ1v) is 8.33. The SMILES string of the molecule is CO[C@H]1CN(C(=O)Nc2ccc3c(c2)C(=O)CCC3)CC[C@H]1C. The summed E-state index contributed by atoms with van der Waals surface area (Å²) in [4.78, 5) is 26.3. The van der Waals surface area contributed by atoms with Gasteiger partial charge in [-0.3, -0.25) is 4.79 Å². The average molecular weight is 316 g/mol. The number of hydrogen-bond donors (Lipinski definition) is 1. The largest absolute Gasteiger partial charge is 0.379 e. The number of amides is 2. The number of urea groups is 1. The van der Waals surface area contributed by atoms with Crippen LogP contribution in [0.15, 0.2) is 18.2 Å². The lowest BCUT2D eigenvalue weighted by Gasteiger charge is -2.36. The van der Waals surface area contributed by atoms with E-state index in [9.17, 15) is 9.59 Å². The van der Waals surface area contributed by atoms with E-state index in [0.717, 1.165) is 36.9 Å². The molecule has 1 N–H and O–H groups in total. The molecule has 1 aromatic carbocycles. The molecule has 0 saturated carbocycles. The van der Waals surface area contributed by atoms with E-state index in [1.54, 1.807) is 12.0 Å². The number of rotatable bonds is 2. The molecule has 2 amide bonds. The van der Waals surface area contributed by atoms with E-state index in [-0.39, 0.29) is 17.9 Å². The number of fused-ring (bicyclic) bond motifs is 1. The molecular formula is C18H24N2O3. The number of likely N-dealkylation sites (tertiary alicyclic amines) is 1. The number of benzene rings is 1. The van der Waals surface area contributed by atoms with Crippen LogP contribution < -0.4 is 5.32 Å². The number of ether oxygens (including phenoxy) is 1. The molecule has 0 bridgehead atoms. The fourth-order valence-electron chi connectivity index (χ4n) is 3.43. The van der Waals surface area contributed by atoms with Gasteiger partial charge < -0.3 is 15.0 Å². The number of aryl methyl sites for hydroxylation is 1.